The number of benzene rings is 1. The number of hydrogen-bond acceptors (Lipinski definition) is 5. The number of aliphatic imine (C=N–C) groups is 1. The summed E-state index contributed by atoms with van der Waals surface area (Å²) in [4.78, 5) is 21.3. The van der Waals surface area contributed by atoms with E-state index in [0.29, 0.717) is 17.9 Å². The van der Waals surface area contributed by atoms with Gasteiger partial charge in [-0.25, -0.2) is 10.4 Å². The number of fused-ring (bicyclic) bond motifs is 1. The van der Waals surface area contributed by atoms with Gasteiger partial charge >= 0.3 is 0 Å². The van der Waals surface area contributed by atoms with Gasteiger partial charge < -0.3 is 5.32 Å². The Balaban J connectivity index is 1.66. The Morgan fingerprint density at radius 2 is 2.12 bits per heavy atom. The van der Waals surface area contributed by atoms with Gasteiger partial charge in [-0.1, -0.05) is 24.3 Å². The summed E-state index contributed by atoms with van der Waals surface area (Å²) in [5, 5.41) is 4.76. The summed E-state index contributed by atoms with van der Waals surface area (Å²) < 4.78 is 0. The van der Waals surface area contributed by atoms with Gasteiger partial charge in [-0.2, -0.15) is 0 Å². The van der Waals surface area contributed by atoms with E-state index in [1.165, 1.54) is 0 Å². The molecule has 4 rings (SSSR count). The Kier molecular flexibility index (Phi) is 3.87. The minimum absolute atomic E-state index is 0.168. The number of carbonyl (C=O) groups excluding carboxylic acids is 1. The highest BCUT2D eigenvalue weighted by Gasteiger charge is 2.26. The Bertz CT molecular complexity index is 929. The molecule has 0 radical (unpaired) electrons. The van der Waals surface area contributed by atoms with Crippen molar-refractivity contribution in [2.75, 3.05) is 11.9 Å². The van der Waals surface area contributed by atoms with Crippen molar-refractivity contribution in [1.82, 2.24) is 15.4 Å². The first-order valence-electron chi connectivity index (χ1n) is 8.02. The SMILES string of the molecule is Cc1ccccc1-c1cnccc1NC(=O)C1=C2N=CC=CN2NC1. The normalized spacial score (nSPS) is 15.5. The first kappa shape index (κ1) is 15.3. The average molecular weight is 331 g/mol. The molecule has 1 amide bonds. The third kappa shape index (κ3) is 2.83. The fraction of sp³-hybridized carbons (Fsp3) is 0.105. The van der Waals surface area contributed by atoms with E-state index in [1.807, 2.05) is 49.5 Å². The molecule has 6 nitrogen and oxygen atoms in total. The second-order valence-electron chi connectivity index (χ2n) is 5.82. The van der Waals surface area contributed by atoms with Gasteiger partial charge in [-0.15, -0.1) is 0 Å². The Morgan fingerprint density at radius 3 is 3.00 bits per heavy atom. The number of carbonyl (C=O) groups is 1. The van der Waals surface area contributed by atoms with Crippen molar-refractivity contribution in [3.63, 3.8) is 0 Å². The molecular formula is C19H17N5O. The average Bonchev–Trinajstić information content (AvgIpc) is 3.07. The summed E-state index contributed by atoms with van der Waals surface area (Å²) in [5.41, 5.74) is 7.53. The van der Waals surface area contributed by atoms with Gasteiger partial charge in [0.2, 0.25) is 0 Å². The van der Waals surface area contributed by atoms with Crippen LogP contribution in [0, 0.1) is 6.92 Å². The summed E-state index contributed by atoms with van der Waals surface area (Å²) >= 11 is 0. The maximum absolute atomic E-state index is 12.8. The number of hydrogen-bond donors (Lipinski definition) is 2. The lowest BCUT2D eigenvalue weighted by Crippen LogP contribution is -2.27. The molecule has 2 aliphatic heterocycles. The van der Waals surface area contributed by atoms with Crippen molar-refractivity contribution in [2.45, 2.75) is 6.92 Å². The molecule has 0 atom stereocenters. The van der Waals surface area contributed by atoms with E-state index in [2.05, 4.69) is 20.7 Å². The van der Waals surface area contributed by atoms with Gasteiger partial charge in [0.1, 0.15) is 0 Å². The van der Waals surface area contributed by atoms with Gasteiger partial charge in [0.05, 0.1) is 11.3 Å². The Morgan fingerprint density at radius 1 is 1.24 bits per heavy atom. The number of aryl methyl sites for hydroxylation is 1. The number of hydrazine groups is 1. The molecule has 2 aromatic rings. The van der Waals surface area contributed by atoms with Crippen molar-refractivity contribution in [2.24, 2.45) is 4.99 Å². The smallest absolute Gasteiger partial charge is 0.256 e. The standard InChI is InChI=1S/C19H17N5O/c1-13-5-2-3-6-14(13)15-11-20-9-7-17(15)23-19(25)16-12-22-24-10-4-8-21-18(16)24/h2-11,22H,12H2,1H3,(H,20,23,25). The van der Waals surface area contributed by atoms with E-state index in [-0.39, 0.29) is 5.91 Å². The second kappa shape index (κ2) is 6.33. The van der Waals surface area contributed by atoms with Crippen LogP contribution in [0.25, 0.3) is 11.1 Å². The number of aromatic nitrogens is 1. The van der Waals surface area contributed by atoms with Crippen LogP contribution in [-0.2, 0) is 4.79 Å². The minimum atomic E-state index is -0.168. The lowest BCUT2D eigenvalue weighted by atomic mass is 10.0. The lowest BCUT2D eigenvalue weighted by Gasteiger charge is -2.16. The van der Waals surface area contributed by atoms with Crippen LogP contribution in [0.15, 0.2) is 71.4 Å². The molecule has 0 saturated heterocycles. The summed E-state index contributed by atoms with van der Waals surface area (Å²) in [6, 6.07) is 9.86. The molecule has 0 aliphatic carbocycles. The molecule has 0 saturated carbocycles. The van der Waals surface area contributed by atoms with E-state index < -0.39 is 0 Å². The highest BCUT2D eigenvalue weighted by molar-refractivity contribution is 6.07. The molecule has 6 heteroatoms. The monoisotopic (exact) mass is 331 g/mol. The zero-order valence-electron chi connectivity index (χ0n) is 13.7. The molecule has 124 valence electrons. The van der Waals surface area contributed by atoms with Gasteiger partial charge in [0.25, 0.3) is 5.91 Å². The van der Waals surface area contributed by atoms with Crippen LogP contribution in [0.1, 0.15) is 5.56 Å². The molecule has 1 aromatic heterocycles. The predicted molar refractivity (Wildman–Crippen MR) is 97.5 cm³/mol. The zero-order valence-corrected chi connectivity index (χ0v) is 13.7. The highest BCUT2D eigenvalue weighted by Crippen LogP contribution is 2.30. The topological polar surface area (TPSA) is 69.6 Å². The van der Waals surface area contributed by atoms with Crippen LogP contribution >= 0.6 is 0 Å². The number of amides is 1. The molecule has 0 spiro atoms. The van der Waals surface area contributed by atoms with Crippen molar-refractivity contribution >= 4 is 17.8 Å². The number of rotatable bonds is 3. The third-order valence-corrected chi connectivity index (χ3v) is 4.22. The van der Waals surface area contributed by atoms with Crippen LogP contribution in [0.3, 0.4) is 0 Å². The van der Waals surface area contributed by atoms with E-state index in [0.717, 1.165) is 22.4 Å². The number of anilines is 1. The predicted octanol–water partition coefficient (Wildman–Crippen LogP) is 2.63. The van der Waals surface area contributed by atoms with Crippen LogP contribution < -0.4 is 10.7 Å². The number of nitrogens with one attached hydrogen (secondary N) is 2. The number of nitrogens with zero attached hydrogens (tertiary/aromatic N) is 3. The van der Waals surface area contributed by atoms with Crippen LogP contribution in [0.5, 0.6) is 0 Å². The molecular weight excluding hydrogens is 314 g/mol. The fourth-order valence-corrected chi connectivity index (χ4v) is 2.94. The van der Waals surface area contributed by atoms with E-state index in [4.69, 9.17) is 0 Å². The molecule has 25 heavy (non-hydrogen) atoms. The Hall–Kier alpha value is -3.25. The molecule has 2 aliphatic rings. The first-order chi connectivity index (χ1) is 12.2. The lowest BCUT2D eigenvalue weighted by molar-refractivity contribution is -0.112. The summed E-state index contributed by atoms with van der Waals surface area (Å²) in [6.07, 6.45) is 8.79. The van der Waals surface area contributed by atoms with Gasteiger partial charge in [0, 0.05) is 36.9 Å². The third-order valence-electron chi connectivity index (χ3n) is 4.22. The molecule has 2 N–H and O–H groups in total. The van der Waals surface area contributed by atoms with E-state index in [1.54, 1.807) is 23.6 Å². The second-order valence-corrected chi connectivity index (χ2v) is 5.82. The van der Waals surface area contributed by atoms with Crippen molar-refractivity contribution in [3.05, 3.63) is 72.0 Å². The maximum Gasteiger partial charge on any atom is 0.256 e. The van der Waals surface area contributed by atoms with Crippen molar-refractivity contribution in [1.29, 1.82) is 0 Å². The quantitative estimate of drug-likeness (QED) is 0.907. The number of allylic oxidation sites excluding steroid dienone is 1. The minimum Gasteiger partial charge on any atom is -0.321 e. The maximum atomic E-state index is 12.8. The first-order valence-corrected chi connectivity index (χ1v) is 8.02. The summed E-state index contributed by atoms with van der Waals surface area (Å²) in [7, 11) is 0. The van der Waals surface area contributed by atoms with Crippen LogP contribution in [0.2, 0.25) is 0 Å². The van der Waals surface area contributed by atoms with E-state index in [9.17, 15) is 4.79 Å². The Labute approximate surface area is 145 Å². The van der Waals surface area contributed by atoms with Gasteiger partial charge in [0.15, 0.2) is 5.82 Å². The van der Waals surface area contributed by atoms with Gasteiger partial charge in [-0.3, -0.25) is 14.8 Å². The molecule has 0 unspecified atom stereocenters. The van der Waals surface area contributed by atoms with Crippen molar-refractivity contribution < 1.29 is 4.79 Å². The fourth-order valence-electron chi connectivity index (χ4n) is 2.94. The molecule has 1 aromatic carbocycles. The molecule has 3 heterocycles. The molecule has 0 fully saturated rings. The van der Waals surface area contributed by atoms with Crippen LogP contribution in [-0.4, -0.2) is 28.7 Å². The van der Waals surface area contributed by atoms with E-state index >= 15 is 0 Å². The summed E-state index contributed by atoms with van der Waals surface area (Å²) in [6.45, 7) is 2.48. The summed E-state index contributed by atoms with van der Waals surface area (Å²) in [5.74, 6) is 0.463. The highest BCUT2D eigenvalue weighted by atomic mass is 16.1. The van der Waals surface area contributed by atoms with Crippen molar-refractivity contribution in [3.8, 4) is 11.1 Å². The van der Waals surface area contributed by atoms with Crippen LogP contribution in [0.4, 0.5) is 5.69 Å². The largest absolute Gasteiger partial charge is 0.321 e. The zero-order chi connectivity index (χ0) is 17.2. The molecule has 0 bridgehead atoms. The number of pyridine rings is 1. The van der Waals surface area contributed by atoms with Gasteiger partial charge in [-0.05, 0) is 30.2 Å².